The highest BCUT2D eigenvalue weighted by Gasteiger charge is 2.13. The van der Waals surface area contributed by atoms with Crippen LogP contribution in [0.2, 0.25) is 10.0 Å². The minimum atomic E-state index is -0.461. The Balaban J connectivity index is 1.61. The fourth-order valence-electron chi connectivity index (χ4n) is 2.78. The Morgan fingerprint density at radius 2 is 1.81 bits per heavy atom. The van der Waals surface area contributed by atoms with E-state index in [1.807, 2.05) is 24.4 Å². The Kier molecular flexibility index (Phi) is 4.47. The molecule has 0 fully saturated rings. The molecule has 0 radical (unpaired) electrons. The number of aromatic nitrogens is 4. The second kappa shape index (κ2) is 6.94. The zero-order valence-corrected chi connectivity index (χ0v) is 15.4. The van der Waals surface area contributed by atoms with Crippen molar-refractivity contribution >= 4 is 40.1 Å². The molecule has 4 rings (SSSR count). The van der Waals surface area contributed by atoms with Crippen molar-refractivity contribution in [3.8, 4) is 11.3 Å². The fraction of sp³-hybridized carbons (Fsp3) is 0.0556. The molecule has 0 bridgehead atoms. The highest BCUT2D eigenvalue weighted by Crippen LogP contribution is 2.23. The molecule has 136 valence electrons. The molecular formula is C18H14Cl2N6O. The summed E-state index contributed by atoms with van der Waals surface area (Å²) in [5.41, 5.74) is 2.21. The normalized spacial score (nSPS) is 11.0. The van der Waals surface area contributed by atoms with Crippen LogP contribution in [-0.2, 0) is 6.54 Å². The smallest absolute Gasteiger partial charge is 0.300 e. The number of hydrogen-bond acceptors (Lipinski definition) is 5. The molecule has 9 heteroatoms. The van der Waals surface area contributed by atoms with E-state index in [0.29, 0.717) is 22.2 Å². The van der Waals surface area contributed by atoms with E-state index in [1.54, 1.807) is 24.3 Å². The van der Waals surface area contributed by atoms with Crippen LogP contribution in [0.4, 0.5) is 5.95 Å². The first-order chi connectivity index (χ1) is 13.0. The lowest BCUT2D eigenvalue weighted by molar-refractivity contribution is 0.824. The van der Waals surface area contributed by atoms with Crippen molar-refractivity contribution in [3.63, 3.8) is 0 Å². The van der Waals surface area contributed by atoms with Crippen molar-refractivity contribution in [2.45, 2.75) is 6.54 Å². The molecule has 7 nitrogen and oxygen atoms in total. The van der Waals surface area contributed by atoms with Gasteiger partial charge in [0.05, 0.1) is 0 Å². The SMILES string of the molecule is Nn1c(NCc2c[nH]c3ccc(Cl)cc23)nnc(-c2ccc(Cl)cc2)c1=O. The highest BCUT2D eigenvalue weighted by atomic mass is 35.5. The van der Waals surface area contributed by atoms with Crippen LogP contribution in [0.15, 0.2) is 53.5 Å². The van der Waals surface area contributed by atoms with Crippen LogP contribution in [-0.4, -0.2) is 19.9 Å². The van der Waals surface area contributed by atoms with E-state index in [1.165, 1.54) is 0 Å². The Morgan fingerprint density at radius 3 is 2.59 bits per heavy atom. The van der Waals surface area contributed by atoms with Crippen LogP contribution in [0.1, 0.15) is 5.56 Å². The fourth-order valence-corrected chi connectivity index (χ4v) is 3.08. The van der Waals surface area contributed by atoms with Crippen molar-refractivity contribution in [3.05, 3.63) is 74.6 Å². The van der Waals surface area contributed by atoms with Gasteiger partial charge in [0, 0.05) is 39.3 Å². The summed E-state index contributed by atoms with van der Waals surface area (Å²) in [5.74, 6) is 6.07. The van der Waals surface area contributed by atoms with Crippen LogP contribution in [0.25, 0.3) is 22.2 Å². The lowest BCUT2D eigenvalue weighted by Crippen LogP contribution is -2.33. The number of fused-ring (bicyclic) bond motifs is 1. The maximum absolute atomic E-state index is 12.5. The number of aromatic amines is 1. The first-order valence-electron chi connectivity index (χ1n) is 8.03. The van der Waals surface area contributed by atoms with Crippen molar-refractivity contribution in [1.82, 2.24) is 19.9 Å². The molecule has 0 spiro atoms. The molecule has 0 aliphatic heterocycles. The predicted molar refractivity (Wildman–Crippen MR) is 108 cm³/mol. The minimum Gasteiger partial charge on any atom is -0.361 e. The second-order valence-electron chi connectivity index (χ2n) is 5.91. The molecule has 0 unspecified atom stereocenters. The Labute approximate surface area is 163 Å². The zero-order chi connectivity index (χ0) is 19.0. The van der Waals surface area contributed by atoms with Crippen molar-refractivity contribution in [2.75, 3.05) is 11.2 Å². The maximum Gasteiger partial charge on any atom is 0.300 e. The van der Waals surface area contributed by atoms with E-state index in [4.69, 9.17) is 29.0 Å². The van der Waals surface area contributed by atoms with E-state index in [2.05, 4.69) is 20.5 Å². The van der Waals surface area contributed by atoms with Gasteiger partial charge in [-0.2, -0.15) is 4.68 Å². The first kappa shape index (κ1) is 17.4. The van der Waals surface area contributed by atoms with Gasteiger partial charge in [-0.1, -0.05) is 35.3 Å². The standard InChI is InChI=1S/C18H14Cl2N6O/c19-12-3-1-10(2-4-12)16-17(27)26(21)18(25-24-16)23-9-11-8-22-15-6-5-13(20)7-14(11)15/h1-8,22H,9,21H2,(H,23,25). The Morgan fingerprint density at radius 1 is 1.07 bits per heavy atom. The third-order valence-electron chi connectivity index (χ3n) is 4.18. The van der Waals surface area contributed by atoms with Gasteiger partial charge in [0.1, 0.15) is 0 Å². The third kappa shape index (κ3) is 3.34. The summed E-state index contributed by atoms with van der Waals surface area (Å²) < 4.78 is 0.943. The van der Waals surface area contributed by atoms with Gasteiger partial charge in [-0.15, -0.1) is 10.2 Å². The third-order valence-corrected chi connectivity index (χ3v) is 4.67. The Hall–Kier alpha value is -3.03. The number of benzene rings is 2. The van der Waals surface area contributed by atoms with Crippen LogP contribution < -0.4 is 16.7 Å². The lowest BCUT2D eigenvalue weighted by atomic mass is 10.2. The first-order valence-corrected chi connectivity index (χ1v) is 8.78. The van der Waals surface area contributed by atoms with Crippen molar-refractivity contribution in [2.24, 2.45) is 0 Å². The average molecular weight is 401 g/mol. The number of halogens is 2. The number of nitrogen functional groups attached to an aromatic ring is 1. The predicted octanol–water partition coefficient (Wildman–Crippen LogP) is 3.42. The molecule has 2 aromatic heterocycles. The van der Waals surface area contributed by atoms with Gasteiger partial charge < -0.3 is 16.1 Å². The molecule has 27 heavy (non-hydrogen) atoms. The summed E-state index contributed by atoms with van der Waals surface area (Å²) in [7, 11) is 0. The molecular weight excluding hydrogens is 387 g/mol. The number of H-pyrrole nitrogens is 1. The topological polar surface area (TPSA) is 102 Å². The van der Waals surface area contributed by atoms with E-state index in [9.17, 15) is 4.79 Å². The number of anilines is 1. The molecule has 0 saturated carbocycles. The van der Waals surface area contributed by atoms with Gasteiger partial charge in [0.25, 0.3) is 5.56 Å². The second-order valence-corrected chi connectivity index (χ2v) is 6.78. The van der Waals surface area contributed by atoms with Crippen LogP contribution in [0.5, 0.6) is 0 Å². The van der Waals surface area contributed by atoms with Crippen molar-refractivity contribution in [1.29, 1.82) is 0 Å². The lowest BCUT2D eigenvalue weighted by Gasteiger charge is -2.10. The largest absolute Gasteiger partial charge is 0.361 e. The summed E-state index contributed by atoms with van der Waals surface area (Å²) in [6.07, 6.45) is 1.86. The quantitative estimate of drug-likeness (QED) is 0.455. The van der Waals surface area contributed by atoms with Crippen LogP contribution >= 0.6 is 23.2 Å². The summed E-state index contributed by atoms with van der Waals surface area (Å²) in [6, 6.07) is 12.3. The zero-order valence-electron chi connectivity index (χ0n) is 13.9. The van der Waals surface area contributed by atoms with Gasteiger partial charge in [-0.25, -0.2) is 0 Å². The van der Waals surface area contributed by atoms with Crippen molar-refractivity contribution < 1.29 is 0 Å². The van der Waals surface area contributed by atoms with Gasteiger partial charge in [-0.3, -0.25) is 4.79 Å². The molecule has 0 aliphatic carbocycles. The summed E-state index contributed by atoms with van der Waals surface area (Å²) >= 11 is 11.9. The molecule has 2 aromatic carbocycles. The Bertz CT molecular complexity index is 1180. The summed E-state index contributed by atoms with van der Waals surface area (Å²) in [4.78, 5) is 15.7. The summed E-state index contributed by atoms with van der Waals surface area (Å²) in [6.45, 7) is 0.395. The number of nitrogens with two attached hydrogens (primary N) is 1. The van der Waals surface area contributed by atoms with Gasteiger partial charge in [0.2, 0.25) is 5.95 Å². The van der Waals surface area contributed by atoms with E-state index >= 15 is 0 Å². The molecule has 0 aliphatic rings. The molecule has 2 heterocycles. The molecule has 0 saturated heterocycles. The highest BCUT2D eigenvalue weighted by molar-refractivity contribution is 6.31. The van der Waals surface area contributed by atoms with Gasteiger partial charge in [0.15, 0.2) is 5.69 Å². The number of nitrogens with zero attached hydrogens (tertiary/aromatic N) is 3. The molecule has 4 aromatic rings. The van der Waals surface area contributed by atoms with E-state index < -0.39 is 5.56 Å². The van der Waals surface area contributed by atoms with E-state index in [-0.39, 0.29) is 11.6 Å². The van der Waals surface area contributed by atoms with Gasteiger partial charge in [-0.05, 0) is 35.9 Å². The number of rotatable bonds is 4. The number of hydrogen-bond donors (Lipinski definition) is 3. The summed E-state index contributed by atoms with van der Waals surface area (Å²) in [5, 5.41) is 13.3. The average Bonchev–Trinajstić information content (AvgIpc) is 3.06. The van der Waals surface area contributed by atoms with Crippen LogP contribution in [0, 0.1) is 0 Å². The molecule has 0 amide bonds. The monoisotopic (exact) mass is 400 g/mol. The van der Waals surface area contributed by atoms with Gasteiger partial charge >= 0.3 is 0 Å². The van der Waals surface area contributed by atoms with E-state index in [0.717, 1.165) is 21.1 Å². The molecule has 4 N–H and O–H groups in total. The number of nitrogens with one attached hydrogen (secondary N) is 2. The minimum absolute atomic E-state index is 0.151. The maximum atomic E-state index is 12.5. The molecule has 0 atom stereocenters. The van der Waals surface area contributed by atoms with Crippen LogP contribution in [0.3, 0.4) is 0 Å².